The maximum Gasteiger partial charge on any atom is 0.127 e. The van der Waals surface area contributed by atoms with Crippen molar-refractivity contribution in [3.8, 4) is 11.5 Å². The molecule has 1 rings (SSSR count). The van der Waals surface area contributed by atoms with E-state index < -0.39 is 0 Å². The van der Waals surface area contributed by atoms with Crippen LogP contribution in [0.25, 0.3) is 0 Å². The molecule has 1 aromatic carbocycles. The van der Waals surface area contributed by atoms with E-state index in [4.69, 9.17) is 9.47 Å². The quantitative estimate of drug-likeness (QED) is 0.804. The minimum Gasteiger partial charge on any atom is -0.496 e. The summed E-state index contributed by atoms with van der Waals surface area (Å²) in [5, 5.41) is 3.38. The van der Waals surface area contributed by atoms with Crippen LogP contribution in [0, 0.1) is 0 Å². The van der Waals surface area contributed by atoms with Gasteiger partial charge in [-0.05, 0) is 32.5 Å². The third-order valence-corrected chi connectivity index (χ3v) is 2.49. The molecule has 0 amide bonds. The number of ether oxygens (including phenoxy) is 2. The molecule has 1 atom stereocenters. The van der Waals surface area contributed by atoms with Crippen LogP contribution in [0.1, 0.15) is 32.4 Å². The molecule has 0 spiro atoms. The van der Waals surface area contributed by atoms with Crippen molar-refractivity contribution in [1.29, 1.82) is 0 Å². The number of benzene rings is 1. The number of hydrogen-bond donors (Lipinski definition) is 1. The molecule has 1 unspecified atom stereocenters. The molecule has 0 fully saturated rings. The Balaban J connectivity index is 3.08. The first-order valence-electron chi connectivity index (χ1n) is 5.77. The smallest absolute Gasteiger partial charge is 0.127 e. The predicted octanol–water partition coefficient (Wildman–Crippen LogP) is 2.76. The molecule has 0 saturated carbocycles. The lowest BCUT2D eigenvalue weighted by molar-refractivity contribution is 0.325. The second-order valence-corrected chi connectivity index (χ2v) is 3.58. The first-order valence-corrected chi connectivity index (χ1v) is 5.77. The molecule has 0 aliphatic rings. The van der Waals surface area contributed by atoms with Gasteiger partial charge in [-0.1, -0.05) is 13.0 Å². The summed E-state index contributed by atoms with van der Waals surface area (Å²) in [6.45, 7) is 7.78. The van der Waals surface area contributed by atoms with E-state index in [0.29, 0.717) is 6.61 Å². The summed E-state index contributed by atoms with van der Waals surface area (Å²) in [6.07, 6.45) is 0. The molecule has 1 N–H and O–H groups in total. The standard InChI is InChI=1S/C13H21NO2/c1-5-14-10(3)13-11(15-4)8-7-9-12(13)16-6-2/h7-10,14H,5-6H2,1-4H3. The van der Waals surface area contributed by atoms with Gasteiger partial charge in [0.1, 0.15) is 11.5 Å². The predicted molar refractivity (Wildman–Crippen MR) is 66.3 cm³/mol. The summed E-state index contributed by atoms with van der Waals surface area (Å²) in [4.78, 5) is 0. The number of nitrogens with one attached hydrogen (secondary N) is 1. The highest BCUT2D eigenvalue weighted by Gasteiger charge is 2.15. The van der Waals surface area contributed by atoms with Crippen molar-refractivity contribution in [2.24, 2.45) is 0 Å². The van der Waals surface area contributed by atoms with Gasteiger partial charge in [-0.2, -0.15) is 0 Å². The van der Waals surface area contributed by atoms with Crippen molar-refractivity contribution in [2.45, 2.75) is 26.8 Å². The largest absolute Gasteiger partial charge is 0.496 e. The van der Waals surface area contributed by atoms with Gasteiger partial charge in [-0.3, -0.25) is 0 Å². The zero-order valence-corrected chi connectivity index (χ0v) is 10.5. The van der Waals surface area contributed by atoms with Gasteiger partial charge in [0.15, 0.2) is 0 Å². The van der Waals surface area contributed by atoms with E-state index in [2.05, 4.69) is 19.2 Å². The van der Waals surface area contributed by atoms with Gasteiger partial charge >= 0.3 is 0 Å². The Kier molecular flexibility index (Phi) is 5.12. The van der Waals surface area contributed by atoms with E-state index in [1.54, 1.807) is 7.11 Å². The fraction of sp³-hybridized carbons (Fsp3) is 0.538. The van der Waals surface area contributed by atoms with E-state index >= 15 is 0 Å². The maximum atomic E-state index is 5.63. The Morgan fingerprint density at radius 2 is 1.94 bits per heavy atom. The van der Waals surface area contributed by atoms with E-state index in [0.717, 1.165) is 23.6 Å². The Labute approximate surface area is 97.8 Å². The minimum atomic E-state index is 0.225. The van der Waals surface area contributed by atoms with Crippen LogP contribution in [0.2, 0.25) is 0 Å². The summed E-state index contributed by atoms with van der Waals surface area (Å²) in [5.74, 6) is 1.77. The molecular weight excluding hydrogens is 202 g/mol. The van der Waals surface area contributed by atoms with Gasteiger partial charge in [0.05, 0.1) is 19.3 Å². The fourth-order valence-electron chi connectivity index (χ4n) is 1.82. The molecule has 1 aromatic rings. The van der Waals surface area contributed by atoms with Gasteiger partial charge in [0, 0.05) is 6.04 Å². The third kappa shape index (κ3) is 2.89. The molecule has 0 heterocycles. The van der Waals surface area contributed by atoms with Crippen LogP contribution >= 0.6 is 0 Å². The summed E-state index contributed by atoms with van der Waals surface area (Å²) in [7, 11) is 1.69. The molecule has 3 heteroatoms. The maximum absolute atomic E-state index is 5.63. The highest BCUT2D eigenvalue weighted by Crippen LogP contribution is 2.33. The van der Waals surface area contributed by atoms with E-state index in [9.17, 15) is 0 Å². The second kappa shape index (κ2) is 6.38. The van der Waals surface area contributed by atoms with Crippen LogP contribution < -0.4 is 14.8 Å². The monoisotopic (exact) mass is 223 g/mol. The molecule has 0 aliphatic carbocycles. The summed E-state index contributed by atoms with van der Waals surface area (Å²) < 4.78 is 11.0. The van der Waals surface area contributed by atoms with Gasteiger partial charge in [-0.15, -0.1) is 0 Å². The van der Waals surface area contributed by atoms with Crippen molar-refractivity contribution in [1.82, 2.24) is 5.32 Å². The van der Waals surface area contributed by atoms with Gasteiger partial charge in [0.25, 0.3) is 0 Å². The number of rotatable bonds is 6. The first kappa shape index (κ1) is 12.8. The highest BCUT2D eigenvalue weighted by atomic mass is 16.5. The van der Waals surface area contributed by atoms with Crippen molar-refractivity contribution in [3.63, 3.8) is 0 Å². The van der Waals surface area contributed by atoms with Crippen LogP contribution in [0.15, 0.2) is 18.2 Å². The zero-order chi connectivity index (χ0) is 12.0. The van der Waals surface area contributed by atoms with Crippen LogP contribution in [0.5, 0.6) is 11.5 Å². The normalized spacial score (nSPS) is 12.2. The molecule has 90 valence electrons. The molecule has 0 bridgehead atoms. The van der Waals surface area contributed by atoms with Crippen molar-refractivity contribution >= 4 is 0 Å². The van der Waals surface area contributed by atoms with Gasteiger partial charge in [0.2, 0.25) is 0 Å². The Morgan fingerprint density at radius 1 is 1.25 bits per heavy atom. The molecule has 0 radical (unpaired) electrons. The van der Waals surface area contributed by atoms with E-state index in [-0.39, 0.29) is 6.04 Å². The van der Waals surface area contributed by atoms with Crippen LogP contribution in [-0.4, -0.2) is 20.3 Å². The van der Waals surface area contributed by atoms with Gasteiger partial charge in [-0.25, -0.2) is 0 Å². The fourth-order valence-corrected chi connectivity index (χ4v) is 1.82. The minimum absolute atomic E-state index is 0.225. The first-order chi connectivity index (χ1) is 7.74. The van der Waals surface area contributed by atoms with Crippen LogP contribution in [-0.2, 0) is 0 Å². The Hall–Kier alpha value is -1.22. The summed E-state index contributed by atoms with van der Waals surface area (Å²) in [5.41, 5.74) is 1.09. The number of methoxy groups -OCH3 is 1. The Bertz CT molecular complexity index is 326. The summed E-state index contributed by atoms with van der Waals surface area (Å²) >= 11 is 0. The lowest BCUT2D eigenvalue weighted by atomic mass is 10.1. The van der Waals surface area contributed by atoms with Crippen LogP contribution in [0.3, 0.4) is 0 Å². The average Bonchev–Trinajstić information content (AvgIpc) is 2.29. The molecule has 16 heavy (non-hydrogen) atoms. The lowest BCUT2D eigenvalue weighted by Crippen LogP contribution is -2.19. The SMILES string of the molecule is CCNC(C)c1c(OC)cccc1OCC. The second-order valence-electron chi connectivity index (χ2n) is 3.58. The van der Waals surface area contributed by atoms with Crippen LogP contribution in [0.4, 0.5) is 0 Å². The molecule has 0 aromatic heterocycles. The zero-order valence-electron chi connectivity index (χ0n) is 10.5. The van der Waals surface area contributed by atoms with E-state index in [1.165, 1.54) is 0 Å². The molecule has 3 nitrogen and oxygen atoms in total. The van der Waals surface area contributed by atoms with Crippen molar-refractivity contribution in [3.05, 3.63) is 23.8 Å². The highest BCUT2D eigenvalue weighted by molar-refractivity contribution is 5.46. The third-order valence-electron chi connectivity index (χ3n) is 2.49. The molecule has 0 aliphatic heterocycles. The average molecular weight is 223 g/mol. The summed E-state index contributed by atoms with van der Waals surface area (Å²) in [6, 6.07) is 6.12. The number of hydrogen-bond acceptors (Lipinski definition) is 3. The lowest BCUT2D eigenvalue weighted by Gasteiger charge is -2.20. The Morgan fingerprint density at radius 3 is 2.50 bits per heavy atom. The van der Waals surface area contributed by atoms with Crippen molar-refractivity contribution < 1.29 is 9.47 Å². The van der Waals surface area contributed by atoms with Crippen molar-refractivity contribution in [2.75, 3.05) is 20.3 Å². The topological polar surface area (TPSA) is 30.5 Å². The molecular formula is C13H21NO2. The molecule has 0 saturated heterocycles. The van der Waals surface area contributed by atoms with E-state index in [1.807, 2.05) is 25.1 Å². The van der Waals surface area contributed by atoms with Gasteiger partial charge < -0.3 is 14.8 Å².